The molecule has 0 N–H and O–H groups in total. The normalized spacial score (nSPS) is 13.7. The fourth-order valence-electron chi connectivity index (χ4n) is 0.365. The molecule has 3 heteroatoms. The predicted octanol–water partition coefficient (Wildman–Crippen LogP) is 1.37. The Hall–Kier alpha value is 0.137. The van der Waals surface area contributed by atoms with Gasteiger partial charge in [-0.25, -0.2) is 0 Å². The number of rotatable bonds is 5. The predicted molar refractivity (Wildman–Crippen MR) is 41.1 cm³/mol. The molecule has 0 spiro atoms. The SMILES string of the molecule is CCOCO[SiH](C)CC. The van der Waals surface area contributed by atoms with Gasteiger partial charge in [0.25, 0.3) is 0 Å². The molecule has 1 atom stereocenters. The van der Waals surface area contributed by atoms with E-state index in [1.807, 2.05) is 6.92 Å². The Morgan fingerprint density at radius 2 is 2.00 bits per heavy atom. The van der Waals surface area contributed by atoms with Gasteiger partial charge in [-0.2, -0.15) is 0 Å². The topological polar surface area (TPSA) is 18.5 Å². The monoisotopic (exact) mass is 148 g/mol. The van der Waals surface area contributed by atoms with Crippen LogP contribution in [-0.2, 0) is 9.16 Å². The third-order valence-electron chi connectivity index (χ3n) is 1.21. The van der Waals surface area contributed by atoms with Gasteiger partial charge in [0.1, 0.15) is 6.79 Å². The second-order valence-corrected chi connectivity index (χ2v) is 4.77. The Bertz CT molecular complexity index is 59.0. The highest BCUT2D eigenvalue weighted by Gasteiger charge is 1.98. The summed E-state index contributed by atoms with van der Waals surface area (Å²) in [5, 5.41) is 0. The van der Waals surface area contributed by atoms with Gasteiger partial charge in [-0.1, -0.05) is 6.92 Å². The lowest BCUT2D eigenvalue weighted by Crippen LogP contribution is -2.13. The molecule has 0 saturated heterocycles. The van der Waals surface area contributed by atoms with Crippen LogP contribution in [0.4, 0.5) is 0 Å². The lowest BCUT2D eigenvalue weighted by Gasteiger charge is -2.07. The van der Waals surface area contributed by atoms with Gasteiger partial charge in [0.15, 0.2) is 9.04 Å². The summed E-state index contributed by atoms with van der Waals surface area (Å²) >= 11 is 0. The second kappa shape index (κ2) is 6.26. The summed E-state index contributed by atoms with van der Waals surface area (Å²) in [5.41, 5.74) is 0. The zero-order valence-electron chi connectivity index (χ0n) is 6.52. The van der Waals surface area contributed by atoms with Crippen LogP contribution in [0.2, 0.25) is 12.6 Å². The first-order valence-corrected chi connectivity index (χ1v) is 5.94. The van der Waals surface area contributed by atoms with E-state index >= 15 is 0 Å². The summed E-state index contributed by atoms with van der Waals surface area (Å²) in [6, 6.07) is 1.19. The van der Waals surface area contributed by atoms with Crippen LogP contribution < -0.4 is 0 Å². The third-order valence-corrected chi connectivity index (χ3v) is 3.07. The van der Waals surface area contributed by atoms with E-state index in [0.29, 0.717) is 6.79 Å². The van der Waals surface area contributed by atoms with E-state index in [1.165, 1.54) is 6.04 Å². The molecule has 0 aliphatic heterocycles. The van der Waals surface area contributed by atoms with Crippen LogP contribution in [0.1, 0.15) is 13.8 Å². The molecule has 0 amide bonds. The molecule has 0 rings (SSSR count). The van der Waals surface area contributed by atoms with Crippen molar-refractivity contribution in [1.82, 2.24) is 0 Å². The molecule has 0 aromatic carbocycles. The molecule has 0 fully saturated rings. The standard InChI is InChI=1S/C6H16O2Si/c1-4-7-6-8-9(3)5-2/h9H,4-6H2,1-3H3. The van der Waals surface area contributed by atoms with Crippen molar-refractivity contribution in [1.29, 1.82) is 0 Å². The molecular weight excluding hydrogens is 132 g/mol. The van der Waals surface area contributed by atoms with Gasteiger partial charge in [-0.05, 0) is 19.5 Å². The Morgan fingerprint density at radius 1 is 1.33 bits per heavy atom. The zero-order chi connectivity index (χ0) is 7.11. The van der Waals surface area contributed by atoms with Gasteiger partial charge in [0.05, 0.1) is 0 Å². The van der Waals surface area contributed by atoms with Crippen LogP contribution >= 0.6 is 0 Å². The molecular formula is C6H16O2Si. The summed E-state index contributed by atoms with van der Waals surface area (Å²) in [4.78, 5) is 0. The maximum atomic E-state index is 5.35. The first kappa shape index (κ1) is 9.14. The van der Waals surface area contributed by atoms with Gasteiger partial charge in [-0.15, -0.1) is 0 Å². The first-order chi connectivity index (χ1) is 4.31. The van der Waals surface area contributed by atoms with Gasteiger partial charge < -0.3 is 9.16 Å². The number of ether oxygens (including phenoxy) is 1. The maximum Gasteiger partial charge on any atom is 0.176 e. The van der Waals surface area contributed by atoms with Crippen molar-refractivity contribution in [2.75, 3.05) is 13.4 Å². The Morgan fingerprint density at radius 3 is 2.44 bits per heavy atom. The highest BCUT2D eigenvalue weighted by molar-refractivity contribution is 6.49. The van der Waals surface area contributed by atoms with E-state index in [-0.39, 0.29) is 0 Å². The molecule has 0 aromatic rings. The summed E-state index contributed by atoms with van der Waals surface area (Å²) < 4.78 is 10.4. The molecule has 0 aliphatic carbocycles. The van der Waals surface area contributed by atoms with Crippen LogP contribution in [0.25, 0.3) is 0 Å². The average Bonchev–Trinajstić information content (AvgIpc) is 1.89. The van der Waals surface area contributed by atoms with Crippen molar-refractivity contribution in [2.24, 2.45) is 0 Å². The lowest BCUT2D eigenvalue weighted by molar-refractivity contribution is 0.0208. The lowest BCUT2D eigenvalue weighted by atomic mass is 10.9. The zero-order valence-corrected chi connectivity index (χ0v) is 7.67. The van der Waals surface area contributed by atoms with Crippen LogP contribution in [0.3, 0.4) is 0 Å². The minimum Gasteiger partial charge on any atom is -0.398 e. The third kappa shape index (κ3) is 6.02. The molecule has 0 radical (unpaired) electrons. The summed E-state index contributed by atoms with van der Waals surface area (Å²) in [6.07, 6.45) is 0. The average molecular weight is 148 g/mol. The van der Waals surface area contributed by atoms with Crippen LogP contribution in [0, 0.1) is 0 Å². The van der Waals surface area contributed by atoms with Crippen molar-refractivity contribution in [2.45, 2.75) is 26.4 Å². The molecule has 0 saturated carbocycles. The van der Waals surface area contributed by atoms with Crippen molar-refractivity contribution in [3.05, 3.63) is 0 Å². The quantitative estimate of drug-likeness (QED) is 0.333. The fourth-order valence-corrected chi connectivity index (χ4v) is 0.930. The van der Waals surface area contributed by atoms with Crippen molar-refractivity contribution >= 4 is 9.04 Å². The van der Waals surface area contributed by atoms with Crippen LogP contribution in [-0.4, -0.2) is 22.4 Å². The largest absolute Gasteiger partial charge is 0.398 e. The van der Waals surface area contributed by atoms with E-state index in [2.05, 4.69) is 13.5 Å². The summed E-state index contributed by atoms with van der Waals surface area (Å²) in [5.74, 6) is 0. The minimum absolute atomic E-state index is 0.498. The van der Waals surface area contributed by atoms with Crippen LogP contribution in [0.5, 0.6) is 0 Å². The highest BCUT2D eigenvalue weighted by Crippen LogP contribution is 1.91. The molecule has 2 nitrogen and oxygen atoms in total. The van der Waals surface area contributed by atoms with Crippen molar-refractivity contribution in [3.63, 3.8) is 0 Å². The van der Waals surface area contributed by atoms with E-state index < -0.39 is 9.04 Å². The Kier molecular flexibility index (Phi) is 6.35. The summed E-state index contributed by atoms with van der Waals surface area (Å²) in [6.45, 7) is 7.56. The Labute approximate surface area is 58.9 Å². The van der Waals surface area contributed by atoms with E-state index in [0.717, 1.165) is 6.61 Å². The van der Waals surface area contributed by atoms with E-state index in [9.17, 15) is 0 Å². The first-order valence-electron chi connectivity index (χ1n) is 3.50. The molecule has 0 aliphatic rings. The molecule has 1 unspecified atom stereocenters. The Balaban J connectivity index is 2.88. The smallest absolute Gasteiger partial charge is 0.176 e. The molecule has 0 aromatic heterocycles. The fraction of sp³-hybridized carbons (Fsp3) is 1.00. The molecule has 0 heterocycles. The van der Waals surface area contributed by atoms with E-state index in [1.54, 1.807) is 0 Å². The van der Waals surface area contributed by atoms with E-state index in [4.69, 9.17) is 9.16 Å². The van der Waals surface area contributed by atoms with Crippen LogP contribution in [0.15, 0.2) is 0 Å². The van der Waals surface area contributed by atoms with Gasteiger partial charge in [-0.3, -0.25) is 0 Å². The minimum atomic E-state index is -0.838. The highest BCUT2D eigenvalue weighted by atomic mass is 28.3. The van der Waals surface area contributed by atoms with Gasteiger partial charge in [0, 0.05) is 6.61 Å². The molecule has 9 heavy (non-hydrogen) atoms. The van der Waals surface area contributed by atoms with Gasteiger partial charge >= 0.3 is 0 Å². The van der Waals surface area contributed by atoms with Gasteiger partial charge in [0.2, 0.25) is 0 Å². The summed E-state index contributed by atoms with van der Waals surface area (Å²) in [7, 11) is -0.838. The van der Waals surface area contributed by atoms with Crippen molar-refractivity contribution < 1.29 is 9.16 Å². The second-order valence-electron chi connectivity index (χ2n) is 2.00. The maximum absolute atomic E-state index is 5.35. The molecule has 56 valence electrons. The molecule has 0 bridgehead atoms. The van der Waals surface area contributed by atoms with Crippen molar-refractivity contribution in [3.8, 4) is 0 Å². The number of hydrogen-bond donors (Lipinski definition) is 0. The number of hydrogen-bond acceptors (Lipinski definition) is 2.